The fraction of sp³-hybridized carbons (Fsp3) is 0.240. The van der Waals surface area contributed by atoms with E-state index >= 15 is 0 Å². The molecule has 174 valence electrons. The second kappa shape index (κ2) is 9.17. The number of amides is 1. The molecule has 3 heterocycles. The zero-order valence-electron chi connectivity index (χ0n) is 18.6. The van der Waals surface area contributed by atoms with Crippen LogP contribution < -0.4 is 5.56 Å². The largest absolute Gasteiger partial charge is 0.337 e. The molecule has 0 bridgehead atoms. The van der Waals surface area contributed by atoms with E-state index < -0.39 is 0 Å². The Morgan fingerprint density at radius 2 is 2.03 bits per heavy atom. The number of hydrogen-bond donors (Lipinski definition) is 0. The summed E-state index contributed by atoms with van der Waals surface area (Å²) < 4.78 is 16.0. The third-order valence-electron chi connectivity index (χ3n) is 6.05. The fourth-order valence-corrected chi connectivity index (χ4v) is 6.85. The van der Waals surface area contributed by atoms with Gasteiger partial charge in [0, 0.05) is 34.7 Å². The van der Waals surface area contributed by atoms with E-state index in [1.54, 1.807) is 28.5 Å². The summed E-state index contributed by atoms with van der Waals surface area (Å²) in [6, 6.07) is 12.2. The number of halogens is 2. The van der Waals surface area contributed by atoms with Crippen molar-refractivity contribution in [3.63, 3.8) is 0 Å². The van der Waals surface area contributed by atoms with Crippen LogP contribution in [0.1, 0.15) is 28.5 Å². The highest BCUT2D eigenvalue weighted by atomic mass is 35.5. The lowest BCUT2D eigenvalue weighted by atomic mass is 10.1. The second-order valence-electron chi connectivity index (χ2n) is 8.18. The van der Waals surface area contributed by atoms with Crippen molar-refractivity contribution in [3.05, 3.63) is 85.2 Å². The summed E-state index contributed by atoms with van der Waals surface area (Å²) in [5.41, 5.74) is 2.89. The molecule has 0 aliphatic carbocycles. The molecular formula is C25H21ClFN3O2S2. The van der Waals surface area contributed by atoms with E-state index in [1.807, 2.05) is 31.2 Å². The molecule has 1 aliphatic rings. The number of aryl methyl sites for hydroxylation is 1. The van der Waals surface area contributed by atoms with Crippen molar-refractivity contribution in [2.75, 3.05) is 6.54 Å². The maximum Gasteiger partial charge on any atom is 0.267 e. The lowest BCUT2D eigenvalue weighted by Crippen LogP contribution is -2.34. The minimum Gasteiger partial charge on any atom is -0.337 e. The zero-order valence-corrected chi connectivity index (χ0v) is 21.0. The summed E-state index contributed by atoms with van der Waals surface area (Å²) in [5, 5.41) is 1.43. The zero-order chi connectivity index (χ0) is 24.0. The van der Waals surface area contributed by atoms with Crippen molar-refractivity contribution in [2.45, 2.75) is 37.7 Å². The molecule has 2 aromatic heterocycles. The molecule has 34 heavy (non-hydrogen) atoms. The smallest absolute Gasteiger partial charge is 0.267 e. The summed E-state index contributed by atoms with van der Waals surface area (Å²) in [5.74, 6) is -0.133. The molecule has 0 atom stereocenters. The SMILES string of the molecule is CC(=O)N1CCc2c(sc3nc(SCc4c(F)cccc4Cl)n(-c4ccccc4C)c(=O)c23)C1. The standard InChI is InChI=1S/C25H21ClFN3O2S2/c1-14-6-3-4-9-20(14)30-24(32)22-16-10-11-29(15(2)31)12-21(16)34-23(22)28-25(30)33-13-17-18(26)7-5-8-19(17)27/h3-9H,10-13H2,1-2H3. The highest BCUT2D eigenvalue weighted by Crippen LogP contribution is 2.36. The van der Waals surface area contributed by atoms with Crippen LogP contribution in [0.2, 0.25) is 5.02 Å². The molecule has 9 heteroatoms. The summed E-state index contributed by atoms with van der Waals surface area (Å²) in [4.78, 5) is 34.1. The lowest BCUT2D eigenvalue weighted by molar-refractivity contribution is -0.129. The Bertz CT molecular complexity index is 1480. The van der Waals surface area contributed by atoms with E-state index in [-0.39, 0.29) is 23.0 Å². The Hall–Kier alpha value is -2.68. The van der Waals surface area contributed by atoms with Crippen LogP contribution in [0, 0.1) is 12.7 Å². The number of thiophene rings is 1. The van der Waals surface area contributed by atoms with Gasteiger partial charge in [0.1, 0.15) is 10.6 Å². The van der Waals surface area contributed by atoms with Gasteiger partial charge in [-0.25, -0.2) is 9.37 Å². The minimum absolute atomic E-state index is 0.0198. The quantitative estimate of drug-likeness (QED) is 0.258. The number of thioether (sulfide) groups is 1. The fourth-order valence-electron chi connectivity index (χ4n) is 4.22. The topological polar surface area (TPSA) is 55.2 Å². The molecular weight excluding hydrogens is 493 g/mol. The van der Waals surface area contributed by atoms with Crippen molar-refractivity contribution in [1.29, 1.82) is 0 Å². The van der Waals surface area contributed by atoms with Crippen LogP contribution in [-0.4, -0.2) is 26.9 Å². The van der Waals surface area contributed by atoms with E-state index in [2.05, 4.69) is 0 Å². The van der Waals surface area contributed by atoms with Gasteiger partial charge < -0.3 is 4.90 Å². The van der Waals surface area contributed by atoms with Crippen LogP contribution in [0.15, 0.2) is 52.4 Å². The van der Waals surface area contributed by atoms with Crippen molar-refractivity contribution < 1.29 is 9.18 Å². The van der Waals surface area contributed by atoms with Gasteiger partial charge in [0.2, 0.25) is 5.91 Å². The maximum atomic E-state index is 14.4. The Labute approximate surface area is 209 Å². The number of carbonyl (C=O) groups excluding carboxylic acids is 1. The number of nitrogens with zero attached hydrogens (tertiary/aromatic N) is 3. The predicted octanol–water partition coefficient (Wildman–Crippen LogP) is 5.75. The average Bonchev–Trinajstić information content (AvgIpc) is 3.17. The first kappa shape index (κ1) is 23.1. The van der Waals surface area contributed by atoms with Gasteiger partial charge in [-0.05, 0) is 42.7 Å². The van der Waals surface area contributed by atoms with E-state index in [0.29, 0.717) is 45.5 Å². The van der Waals surface area contributed by atoms with Crippen molar-refractivity contribution in [3.8, 4) is 5.69 Å². The minimum atomic E-state index is -0.387. The number of carbonyl (C=O) groups is 1. The summed E-state index contributed by atoms with van der Waals surface area (Å²) in [6.45, 7) is 4.58. The molecule has 2 aromatic carbocycles. The summed E-state index contributed by atoms with van der Waals surface area (Å²) in [7, 11) is 0. The molecule has 5 rings (SSSR count). The van der Waals surface area contributed by atoms with E-state index in [1.165, 1.54) is 29.2 Å². The van der Waals surface area contributed by atoms with E-state index in [9.17, 15) is 14.0 Å². The van der Waals surface area contributed by atoms with Gasteiger partial charge >= 0.3 is 0 Å². The monoisotopic (exact) mass is 513 g/mol. The van der Waals surface area contributed by atoms with Crippen LogP contribution in [0.25, 0.3) is 15.9 Å². The van der Waals surface area contributed by atoms with Crippen LogP contribution in [0.5, 0.6) is 0 Å². The highest BCUT2D eigenvalue weighted by molar-refractivity contribution is 7.98. The Morgan fingerprint density at radius 1 is 1.24 bits per heavy atom. The third kappa shape index (κ3) is 4.04. The number of benzene rings is 2. The number of hydrogen-bond acceptors (Lipinski definition) is 5. The van der Waals surface area contributed by atoms with Gasteiger partial charge in [0.15, 0.2) is 5.16 Å². The Kier molecular flexibility index (Phi) is 6.22. The van der Waals surface area contributed by atoms with Gasteiger partial charge in [-0.1, -0.05) is 47.6 Å². The second-order valence-corrected chi connectivity index (χ2v) is 10.6. The molecule has 4 aromatic rings. The normalized spacial score (nSPS) is 13.4. The van der Waals surface area contributed by atoms with Gasteiger partial charge in [-0.15, -0.1) is 11.3 Å². The first-order chi connectivity index (χ1) is 16.3. The Balaban J connectivity index is 1.68. The maximum absolute atomic E-state index is 14.4. The van der Waals surface area contributed by atoms with Gasteiger partial charge in [-0.3, -0.25) is 14.2 Å². The number of rotatable bonds is 4. The molecule has 0 fully saturated rings. The third-order valence-corrected chi connectivity index (χ3v) is 8.48. The summed E-state index contributed by atoms with van der Waals surface area (Å²) >= 11 is 8.97. The van der Waals surface area contributed by atoms with Gasteiger partial charge in [-0.2, -0.15) is 0 Å². The van der Waals surface area contributed by atoms with E-state index in [4.69, 9.17) is 16.6 Å². The van der Waals surface area contributed by atoms with Gasteiger partial charge in [0.05, 0.1) is 17.6 Å². The van der Waals surface area contributed by atoms with E-state index in [0.717, 1.165) is 21.7 Å². The van der Waals surface area contributed by atoms with Crippen LogP contribution in [0.3, 0.4) is 0 Å². The van der Waals surface area contributed by atoms with Crippen molar-refractivity contribution >= 4 is 50.8 Å². The molecule has 0 saturated carbocycles. The van der Waals surface area contributed by atoms with Gasteiger partial charge in [0.25, 0.3) is 5.56 Å². The van der Waals surface area contributed by atoms with Crippen LogP contribution >= 0.6 is 34.7 Å². The van der Waals surface area contributed by atoms with Crippen molar-refractivity contribution in [2.24, 2.45) is 0 Å². The molecule has 0 saturated heterocycles. The highest BCUT2D eigenvalue weighted by Gasteiger charge is 2.27. The molecule has 1 aliphatic heterocycles. The molecule has 5 nitrogen and oxygen atoms in total. The van der Waals surface area contributed by atoms with Crippen LogP contribution in [-0.2, 0) is 23.5 Å². The number of para-hydroxylation sites is 1. The molecule has 0 spiro atoms. The predicted molar refractivity (Wildman–Crippen MR) is 136 cm³/mol. The first-order valence-corrected chi connectivity index (χ1v) is 13.0. The molecule has 0 radical (unpaired) electrons. The molecule has 1 amide bonds. The molecule has 0 N–H and O–H groups in total. The Morgan fingerprint density at radius 3 is 2.76 bits per heavy atom. The average molecular weight is 514 g/mol. The lowest BCUT2D eigenvalue weighted by Gasteiger charge is -2.25. The van der Waals surface area contributed by atoms with Crippen LogP contribution in [0.4, 0.5) is 4.39 Å². The number of fused-ring (bicyclic) bond motifs is 3. The van der Waals surface area contributed by atoms with Crippen molar-refractivity contribution in [1.82, 2.24) is 14.5 Å². The number of aromatic nitrogens is 2. The first-order valence-electron chi connectivity index (χ1n) is 10.8. The summed E-state index contributed by atoms with van der Waals surface area (Å²) in [6.07, 6.45) is 0.622. The molecule has 0 unspecified atom stereocenters.